The summed E-state index contributed by atoms with van der Waals surface area (Å²) >= 11 is 3.41. The Balaban J connectivity index is 0.000000516. The van der Waals surface area contributed by atoms with Crippen molar-refractivity contribution in [2.24, 2.45) is 12.8 Å². The van der Waals surface area contributed by atoms with Gasteiger partial charge in [-0.05, 0) is 48.5 Å². The Bertz CT molecular complexity index is 775. The Kier molecular flexibility index (Phi) is 9.14. The maximum Gasteiger partial charge on any atom is 0.490 e. The van der Waals surface area contributed by atoms with Gasteiger partial charge < -0.3 is 25.5 Å². The molecule has 1 aliphatic carbocycles. The fraction of sp³-hybridized carbons (Fsp3) is 0.588. The molecule has 8 nitrogen and oxygen atoms in total. The number of halogens is 4. The van der Waals surface area contributed by atoms with E-state index in [9.17, 15) is 22.8 Å². The highest BCUT2D eigenvalue weighted by atomic mass is 79.9. The molecule has 1 atom stereocenters. The monoisotopic (exact) mass is 485 g/mol. The first kappa shape index (κ1) is 25.0. The molecular formula is C17H23BrF3N3O5. The number of aliphatic carboxylic acids is 1. The van der Waals surface area contributed by atoms with Gasteiger partial charge in [0, 0.05) is 25.4 Å². The summed E-state index contributed by atoms with van der Waals surface area (Å²) < 4.78 is 39.9. The third kappa shape index (κ3) is 8.44. The van der Waals surface area contributed by atoms with Crippen LogP contribution in [0.15, 0.2) is 21.5 Å². The van der Waals surface area contributed by atoms with Crippen LogP contribution in [-0.2, 0) is 16.6 Å². The van der Waals surface area contributed by atoms with Crippen molar-refractivity contribution in [3.8, 4) is 5.75 Å². The summed E-state index contributed by atoms with van der Waals surface area (Å²) in [6.07, 6.45) is 0.0623. The van der Waals surface area contributed by atoms with Crippen molar-refractivity contribution < 1.29 is 32.6 Å². The number of nitrogens with zero attached hydrogens (tertiary/aromatic N) is 1. The smallest absolute Gasteiger partial charge is 0.489 e. The molecule has 1 fully saturated rings. The lowest BCUT2D eigenvalue weighted by atomic mass is 9.92. The van der Waals surface area contributed by atoms with E-state index in [2.05, 4.69) is 21.2 Å². The van der Waals surface area contributed by atoms with Crippen LogP contribution >= 0.6 is 15.9 Å². The molecule has 1 aromatic heterocycles. The summed E-state index contributed by atoms with van der Waals surface area (Å²) in [5.41, 5.74) is 5.45. The van der Waals surface area contributed by atoms with Crippen LogP contribution in [0.2, 0.25) is 0 Å². The predicted molar refractivity (Wildman–Crippen MR) is 102 cm³/mol. The van der Waals surface area contributed by atoms with Crippen molar-refractivity contribution in [1.29, 1.82) is 0 Å². The Morgan fingerprint density at radius 1 is 1.34 bits per heavy atom. The molecule has 1 aromatic rings. The first-order valence-corrected chi connectivity index (χ1v) is 9.49. The number of amides is 1. The molecule has 1 amide bonds. The Hall–Kier alpha value is -2.08. The Morgan fingerprint density at radius 3 is 2.31 bits per heavy atom. The van der Waals surface area contributed by atoms with Crippen LogP contribution in [0.25, 0.3) is 0 Å². The molecule has 2 rings (SSSR count). The van der Waals surface area contributed by atoms with E-state index in [1.807, 2.05) is 0 Å². The second-order valence-corrected chi connectivity index (χ2v) is 7.48. The van der Waals surface area contributed by atoms with E-state index >= 15 is 0 Å². The highest BCUT2D eigenvalue weighted by molar-refractivity contribution is 9.10. The molecular weight excluding hydrogens is 463 g/mol. The number of alkyl halides is 3. The van der Waals surface area contributed by atoms with Crippen LogP contribution in [0.4, 0.5) is 13.2 Å². The van der Waals surface area contributed by atoms with Gasteiger partial charge in [-0.15, -0.1) is 0 Å². The van der Waals surface area contributed by atoms with Gasteiger partial charge in [0.05, 0.1) is 16.6 Å². The van der Waals surface area contributed by atoms with Crippen molar-refractivity contribution in [2.75, 3.05) is 0 Å². The number of carbonyl (C=O) groups excluding carboxylic acids is 1. The lowest BCUT2D eigenvalue weighted by Gasteiger charge is -2.30. The predicted octanol–water partition coefficient (Wildman–Crippen LogP) is 1.93. The van der Waals surface area contributed by atoms with Gasteiger partial charge in [-0.1, -0.05) is 0 Å². The van der Waals surface area contributed by atoms with E-state index < -0.39 is 18.2 Å². The number of carboxylic acid groups (broad SMARTS) is 1. The number of rotatable bonds is 4. The Labute approximate surface area is 173 Å². The van der Waals surface area contributed by atoms with Crippen molar-refractivity contribution in [1.82, 2.24) is 9.88 Å². The molecule has 0 aliphatic heterocycles. The zero-order valence-corrected chi connectivity index (χ0v) is 17.4. The Morgan fingerprint density at radius 2 is 1.86 bits per heavy atom. The lowest BCUT2D eigenvalue weighted by Crippen LogP contribution is -2.46. The van der Waals surface area contributed by atoms with Crippen LogP contribution in [0, 0.1) is 0 Å². The minimum atomic E-state index is -5.08. The lowest BCUT2D eigenvalue weighted by molar-refractivity contribution is -0.192. The normalized spacial score (nSPS) is 20.1. The fourth-order valence-corrected chi connectivity index (χ4v) is 3.02. The second-order valence-electron chi connectivity index (χ2n) is 6.63. The van der Waals surface area contributed by atoms with E-state index in [4.69, 9.17) is 20.4 Å². The highest BCUT2D eigenvalue weighted by Gasteiger charge is 2.38. The van der Waals surface area contributed by atoms with E-state index in [1.165, 1.54) is 10.6 Å². The van der Waals surface area contributed by atoms with E-state index in [-0.39, 0.29) is 23.6 Å². The average Bonchev–Trinajstić information content (AvgIpc) is 2.61. The van der Waals surface area contributed by atoms with Crippen LogP contribution in [0.1, 0.15) is 32.6 Å². The molecule has 1 saturated carbocycles. The van der Waals surface area contributed by atoms with Gasteiger partial charge >= 0.3 is 12.1 Å². The number of nitrogens with two attached hydrogens (primary N) is 1. The van der Waals surface area contributed by atoms with Crippen LogP contribution in [-0.4, -0.2) is 45.9 Å². The maximum absolute atomic E-state index is 11.7. The van der Waals surface area contributed by atoms with Crippen molar-refractivity contribution in [3.05, 3.63) is 27.1 Å². The molecule has 0 spiro atoms. The number of nitrogens with one attached hydrogen (secondary N) is 1. The van der Waals surface area contributed by atoms with E-state index in [0.29, 0.717) is 5.75 Å². The van der Waals surface area contributed by atoms with Crippen LogP contribution < -0.4 is 21.3 Å². The summed E-state index contributed by atoms with van der Waals surface area (Å²) in [5, 5.41) is 10.1. The minimum absolute atomic E-state index is 0.0619. The number of pyridine rings is 1. The molecule has 1 aliphatic rings. The van der Waals surface area contributed by atoms with Gasteiger partial charge in [-0.3, -0.25) is 9.59 Å². The molecule has 1 heterocycles. The summed E-state index contributed by atoms with van der Waals surface area (Å²) in [5.74, 6) is -2.29. The first-order valence-electron chi connectivity index (χ1n) is 8.70. The molecule has 0 aromatic carbocycles. The van der Waals surface area contributed by atoms with E-state index in [0.717, 1.165) is 30.2 Å². The van der Waals surface area contributed by atoms with Gasteiger partial charge in [0.2, 0.25) is 5.91 Å². The standard InChI is InChI=1S/C15H22BrN3O3.C2HF3O2/c1-9(17)15(21)18-10-3-5-11(6-4-10)22-13-7-14(20)19(2)8-12(13)16;3-2(4,5)1(6)7/h7-11H,3-6,17H2,1-2H3,(H,18,21);(H,6,7)/t9?,10-,11-;. The molecule has 0 bridgehead atoms. The third-order valence-corrected chi connectivity index (χ3v) is 4.71. The number of carboxylic acids is 1. The number of ether oxygens (including phenoxy) is 1. The van der Waals surface area contributed by atoms with Crippen molar-refractivity contribution in [3.63, 3.8) is 0 Å². The number of hydrogen-bond donors (Lipinski definition) is 3. The third-order valence-electron chi connectivity index (χ3n) is 4.11. The quantitative estimate of drug-likeness (QED) is 0.598. The zero-order chi connectivity index (χ0) is 22.4. The largest absolute Gasteiger partial charge is 0.490 e. The van der Waals surface area contributed by atoms with Gasteiger partial charge in [0.1, 0.15) is 5.75 Å². The van der Waals surface area contributed by atoms with Gasteiger partial charge in [0.25, 0.3) is 5.56 Å². The van der Waals surface area contributed by atoms with Gasteiger partial charge in [-0.25, -0.2) is 4.79 Å². The molecule has 4 N–H and O–H groups in total. The SMILES string of the molecule is CC(N)C(=O)N[C@H]1CC[C@H](Oc2cc(=O)n(C)cc2Br)CC1.O=C(O)C(F)(F)F. The molecule has 29 heavy (non-hydrogen) atoms. The van der Waals surface area contributed by atoms with Gasteiger partial charge in [0.15, 0.2) is 0 Å². The summed E-state index contributed by atoms with van der Waals surface area (Å²) in [4.78, 5) is 32.2. The molecule has 1 unspecified atom stereocenters. The number of carbonyl (C=O) groups is 2. The van der Waals surface area contributed by atoms with Crippen LogP contribution in [0.3, 0.4) is 0 Å². The van der Waals surface area contributed by atoms with Crippen LogP contribution in [0.5, 0.6) is 5.75 Å². The minimum Gasteiger partial charge on any atom is -0.489 e. The zero-order valence-electron chi connectivity index (χ0n) is 15.8. The summed E-state index contributed by atoms with van der Waals surface area (Å²) in [6.45, 7) is 1.68. The fourth-order valence-electron chi connectivity index (χ4n) is 2.51. The summed E-state index contributed by atoms with van der Waals surface area (Å²) in [7, 11) is 1.70. The highest BCUT2D eigenvalue weighted by Crippen LogP contribution is 2.28. The van der Waals surface area contributed by atoms with Crippen molar-refractivity contribution in [2.45, 2.75) is 57.0 Å². The topological polar surface area (TPSA) is 124 Å². The molecule has 164 valence electrons. The maximum atomic E-state index is 11.7. The van der Waals surface area contributed by atoms with Gasteiger partial charge in [-0.2, -0.15) is 13.2 Å². The van der Waals surface area contributed by atoms with Crippen molar-refractivity contribution >= 4 is 27.8 Å². The first-order chi connectivity index (χ1) is 13.3. The molecule has 0 saturated heterocycles. The number of aryl methyl sites for hydroxylation is 1. The molecule has 12 heteroatoms. The second kappa shape index (κ2) is 10.6. The average molecular weight is 486 g/mol. The molecule has 0 radical (unpaired) electrons. The van der Waals surface area contributed by atoms with E-state index in [1.54, 1.807) is 20.2 Å². The number of aromatic nitrogens is 1. The summed E-state index contributed by atoms with van der Waals surface area (Å²) in [6, 6.07) is 1.17. The number of hydrogen-bond acceptors (Lipinski definition) is 5.